The number of hydrogen-bond donors (Lipinski definition) is 2. The number of aromatic nitrogens is 2. The third-order valence-corrected chi connectivity index (χ3v) is 3.60. The van der Waals surface area contributed by atoms with Crippen LogP contribution in [0.3, 0.4) is 0 Å². The predicted octanol–water partition coefficient (Wildman–Crippen LogP) is 2.37. The van der Waals surface area contributed by atoms with Gasteiger partial charge in [0.25, 0.3) is 0 Å². The molecule has 1 aliphatic heterocycles. The highest BCUT2D eigenvalue weighted by Gasteiger charge is 2.28. The van der Waals surface area contributed by atoms with Crippen LogP contribution in [0.25, 0.3) is 0 Å². The fourth-order valence-corrected chi connectivity index (χ4v) is 2.40. The zero-order valence-electron chi connectivity index (χ0n) is 12.3. The molecule has 2 rings (SSSR count). The van der Waals surface area contributed by atoms with Crippen molar-refractivity contribution in [2.45, 2.75) is 45.6 Å². The van der Waals surface area contributed by atoms with E-state index < -0.39 is 0 Å². The molecule has 0 aromatic carbocycles. The molecule has 106 valence electrons. The van der Waals surface area contributed by atoms with E-state index in [-0.39, 0.29) is 5.54 Å². The van der Waals surface area contributed by atoms with Crippen LogP contribution in [0.5, 0.6) is 0 Å². The molecule has 1 saturated heterocycles. The van der Waals surface area contributed by atoms with Crippen LogP contribution in [0.15, 0.2) is 0 Å². The average Bonchev–Trinajstić information content (AvgIpc) is 2.41. The Labute approximate surface area is 115 Å². The highest BCUT2D eigenvalue weighted by molar-refractivity contribution is 5.58. The average molecular weight is 264 g/mol. The molecule has 1 aromatic heterocycles. The van der Waals surface area contributed by atoms with Crippen LogP contribution >= 0.6 is 0 Å². The van der Waals surface area contributed by atoms with Gasteiger partial charge < -0.3 is 15.4 Å². The van der Waals surface area contributed by atoms with E-state index in [4.69, 9.17) is 4.74 Å². The van der Waals surface area contributed by atoms with Crippen molar-refractivity contribution in [2.75, 3.05) is 30.9 Å². The molecule has 2 heterocycles. The van der Waals surface area contributed by atoms with Crippen LogP contribution in [-0.4, -0.2) is 35.8 Å². The zero-order chi connectivity index (χ0) is 13.9. The largest absolute Gasteiger partial charge is 0.379 e. The van der Waals surface area contributed by atoms with Gasteiger partial charge in [0.2, 0.25) is 0 Å². The van der Waals surface area contributed by atoms with Gasteiger partial charge in [0, 0.05) is 25.6 Å². The van der Waals surface area contributed by atoms with Crippen molar-refractivity contribution in [1.29, 1.82) is 0 Å². The van der Waals surface area contributed by atoms with Crippen LogP contribution in [0.1, 0.15) is 38.1 Å². The molecule has 1 atom stereocenters. The molecule has 1 aliphatic rings. The van der Waals surface area contributed by atoms with Crippen molar-refractivity contribution in [3.05, 3.63) is 11.4 Å². The zero-order valence-corrected chi connectivity index (χ0v) is 12.3. The summed E-state index contributed by atoms with van der Waals surface area (Å²) >= 11 is 0. The second kappa shape index (κ2) is 5.74. The van der Waals surface area contributed by atoms with Gasteiger partial charge in [-0.1, -0.05) is 6.92 Å². The highest BCUT2D eigenvalue weighted by atomic mass is 16.5. The van der Waals surface area contributed by atoms with Gasteiger partial charge in [-0.05, 0) is 26.7 Å². The number of nitrogens with zero attached hydrogens (tertiary/aromatic N) is 2. The lowest BCUT2D eigenvalue weighted by atomic mass is 9.94. The lowest BCUT2D eigenvalue weighted by Crippen LogP contribution is -2.43. The summed E-state index contributed by atoms with van der Waals surface area (Å²) < 4.78 is 5.59. The SMILES string of the molecule is CCc1nc(NC)c(C)c(NC2(C)CCCOC2)n1. The first-order chi connectivity index (χ1) is 9.08. The quantitative estimate of drug-likeness (QED) is 0.874. The van der Waals surface area contributed by atoms with Crippen molar-refractivity contribution in [2.24, 2.45) is 0 Å². The summed E-state index contributed by atoms with van der Waals surface area (Å²) in [5.74, 6) is 2.68. The maximum atomic E-state index is 5.59. The Kier molecular flexibility index (Phi) is 4.24. The molecule has 0 amide bonds. The number of hydrogen-bond acceptors (Lipinski definition) is 5. The molecular weight excluding hydrogens is 240 g/mol. The van der Waals surface area contributed by atoms with Crippen molar-refractivity contribution in [1.82, 2.24) is 9.97 Å². The van der Waals surface area contributed by atoms with E-state index in [1.165, 1.54) is 0 Å². The standard InChI is InChI=1S/C14H24N4O/c1-5-11-16-12(15-4)10(2)13(17-11)18-14(3)7-6-8-19-9-14/h5-9H2,1-4H3,(H2,15,16,17,18). The Morgan fingerprint density at radius 2 is 2.05 bits per heavy atom. The number of aryl methyl sites for hydroxylation is 1. The Bertz CT molecular complexity index is 441. The number of nitrogens with one attached hydrogen (secondary N) is 2. The second-order valence-corrected chi connectivity index (χ2v) is 5.41. The van der Waals surface area contributed by atoms with Crippen LogP contribution in [-0.2, 0) is 11.2 Å². The Hall–Kier alpha value is -1.36. The molecule has 1 fully saturated rings. The Morgan fingerprint density at radius 3 is 2.63 bits per heavy atom. The maximum absolute atomic E-state index is 5.59. The van der Waals surface area contributed by atoms with Crippen LogP contribution in [0, 0.1) is 6.92 Å². The van der Waals surface area contributed by atoms with Crippen molar-refractivity contribution in [3.8, 4) is 0 Å². The summed E-state index contributed by atoms with van der Waals surface area (Å²) in [6.45, 7) is 7.90. The molecule has 0 saturated carbocycles. The third kappa shape index (κ3) is 3.15. The second-order valence-electron chi connectivity index (χ2n) is 5.41. The molecule has 0 aliphatic carbocycles. The Morgan fingerprint density at radius 1 is 1.32 bits per heavy atom. The lowest BCUT2D eigenvalue weighted by Gasteiger charge is -2.35. The van der Waals surface area contributed by atoms with Crippen molar-refractivity contribution >= 4 is 11.6 Å². The predicted molar refractivity (Wildman–Crippen MR) is 77.8 cm³/mol. The summed E-state index contributed by atoms with van der Waals surface area (Å²) in [4.78, 5) is 9.11. The normalized spacial score (nSPS) is 23.2. The van der Waals surface area contributed by atoms with E-state index in [2.05, 4.69) is 34.4 Å². The molecular formula is C14H24N4O. The molecule has 2 N–H and O–H groups in total. The summed E-state index contributed by atoms with van der Waals surface area (Å²) in [6.07, 6.45) is 3.02. The number of rotatable bonds is 4. The minimum Gasteiger partial charge on any atom is -0.379 e. The van der Waals surface area contributed by atoms with Gasteiger partial charge in [-0.3, -0.25) is 0 Å². The van der Waals surface area contributed by atoms with Gasteiger partial charge >= 0.3 is 0 Å². The minimum absolute atomic E-state index is 0.0343. The molecule has 0 bridgehead atoms. The molecule has 5 nitrogen and oxygen atoms in total. The number of anilines is 2. The van der Waals surface area contributed by atoms with E-state index >= 15 is 0 Å². The lowest BCUT2D eigenvalue weighted by molar-refractivity contribution is 0.0538. The molecule has 0 spiro atoms. The van der Waals surface area contributed by atoms with Crippen LogP contribution < -0.4 is 10.6 Å². The molecule has 5 heteroatoms. The third-order valence-electron chi connectivity index (χ3n) is 3.60. The van der Waals surface area contributed by atoms with Gasteiger partial charge in [-0.15, -0.1) is 0 Å². The maximum Gasteiger partial charge on any atom is 0.135 e. The van der Waals surface area contributed by atoms with Crippen molar-refractivity contribution < 1.29 is 4.74 Å². The molecule has 0 radical (unpaired) electrons. The van der Waals surface area contributed by atoms with Gasteiger partial charge in [-0.2, -0.15) is 0 Å². The van der Waals surface area contributed by atoms with E-state index in [1.807, 2.05) is 14.0 Å². The Balaban J connectivity index is 2.27. The molecule has 1 unspecified atom stereocenters. The summed E-state index contributed by atoms with van der Waals surface area (Å²) in [6, 6.07) is 0. The minimum atomic E-state index is -0.0343. The first-order valence-electron chi connectivity index (χ1n) is 6.99. The summed E-state index contributed by atoms with van der Waals surface area (Å²) in [7, 11) is 1.89. The smallest absolute Gasteiger partial charge is 0.135 e. The van der Waals surface area contributed by atoms with E-state index in [0.717, 1.165) is 55.5 Å². The van der Waals surface area contributed by atoms with E-state index in [0.29, 0.717) is 0 Å². The van der Waals surface area contributed by atoms with Gasteiger partial charge in [-0.25, -0.2) is 9.97 Å². The van der Waals surface area contributed by atoms with Gasteiger partial charge in [0.1, 0.15) is 17.5 Å². The van der Waals surface area contributed by atoms with E-state index in [1.54, 1.807) is 0 Å². The monoisotopic (exact) mass is 264 g/mol. The van der Waals surface area contributed by atoms with E-state index in [9.17, 15) is 0 Å². The molecule has 1 aromatic rings. The van der Waals surface area contributed by atoms with Crippen LogP contribution in [0.4, 0.5) is 11.6 Å². The first kappa shape index (κ1) is 14.1. The fraction of sp³-hybridized carbons (Fsp3) is 0.714. The van der Waals surface area contributed by atoms with Crippen LogP contribution in [0.2, 0.25) is 0 Å². The van der Waals surface area contributed by atoms with Gasteiger partial charge in [0.05, 0.1) is 12.1 Å². The molecule has 19 heavy (non-hydrogen) atoms. The summed E-state index contributed by atoms with van der Waals surface area (Å²) in [5, 5.41) is 6.70. The topological polar surface area (TPSA) is 59.1 Å². The summed E-state index contributed by atoms with van der Waals surface area (Å²) in [5.41, 5.74) is 1.03. The highest BCUT2D eigenvalue weighted by Crippen LogP contribution is 2.27. The number of ether oxygens (including phenoxy) is 1. The first-order valence-corrected chi connectivity index (χ1v) is 6.99. The van der Waals surface area contributed by atoms with Crippen molar-refractivity contribution in [3.63, 3.8) is 0 Å². The van der Waals surface area contributed by atoms with Gasteiger partial charge in [0.15, 0.2) is 0 Å². The fourth-order valence-electron chi connectivity index (χ4n) is 2.40.